The molecule has 1 rings (SSSR count). The fraction of sp³-hybridized carbons (Fsp3) is 1.00. The molecular weight excluding hydrogens is 201 g/mol. The van der Waals surface area contributed by atoms with E-state index in [1.807, 2.05) is 0 Å². The van der Waals surface area contributed by atoms with Gasteiger partial charge in [0.25, 0.3) is 0 Å². The van der Waals surface area contributed by atoms with Crippen LogP contribution in [0.15, 0.2) is 0 Å². The maximum Gasteiger partial charge on any atom is 0.0272 e. The van der Waals surface area contributed by atoms with Crippen LogP contribution in [0.25, 0.3) is 0 Å². The van der Waals surface area contributed by atoms with E-state index in [-0.39, 0.29) is 0 Å². The predicted octanol–water partition coefficient (Wildman–Crippen LogP) is 1.17. The first kappa shape index (κ1) is 5.82. The Morgan fingerprint density at radius 1 is 1.71 bits per heavy atom. The highest BCUT2D eigenvalue weighted by Crippen LogP contribution is 2.15. The van der Waals surface area contributed by atoms with Crippen molar-refractivity contribution in [2.45, 2.75) is 23.3 Å². The average Bonchev–Trinajstić information content (AvgIpc) is 1.91. The summed E-state index contributed by atoms with van der Waals surface area (Å²) in [4.78, 5) is 0. The molecule has 1 N–H and O–H groups in total. The summed E-state index contributed by atoms with van der Waals surface area (Å²) >= 11 is 2.50. The Bertz CT molecular complexity index is 57.1. The zero-order chi connectivity index (χ0) is 5.28. The van der Waals surface area contributed by atoms with Crippen molar-refractivity contribution >= 4 is 22.6 Å². The van der Waals surface area contributed by atoms with Crippen LogP contribution in [0.1, 0.15) is 13.3 Å². The molecule has 0 radical (unpaired) electrons. The van der Waals surface area contributed by atoms with Crippen molar-refractivity contribution in [2.75, 3.05) is 6.54 Å². The Balaban J connectivity index is 2.33. The van der Waals surface area contributed by atoms with E-state index in [1.54, 1.807) is 0 Å². The highest BCUT2D eigenvalue weighted by molar-refractivity contribution is 14.1. The molecule has 0 unspecified atom stereocenters. The molecule has 2 heteroatoms. The molecule has 1 aliphatic heterocycles. The molecule has 0 aromatic rings. The Morgan fingerprint density at radius 3 is 2.57 bits per heavy atom. The molecule has 42 valence electrons. The number of hydrogen-bond donors (Lipinski definition) is 1. The molecule has 0 saturated carbocycles. The topological polar surface area (TPSA) is 12.0 Å². The fourth-order valence-electron chi connectivity index (χ4n) is 0.827. The van der Waals surface area contributed by atoms with Gasteiger partial charge >= 0.3 is 0 Å². The summed E-state index contributed by atoms with van der Waals surface area (Å²) < 4.78 is 0.873. The van der Waals surface area contributed by atoms with Crippen molar-refractivity contribution in [1.82, 2.24) is 5.32 Å². The molecule has 0 aromatic carbocycles. The lowest BCUT2D eigenvalue weighted by molar-refractivity contribution is 0.683. The van der Waals surface area contributed by atoms with E-state index in [0.29, 0.717) is 0 Å². The smallest absolute Gasteiger partial charge is 0.0272 e. The largest absolute Gasteiger partial charge is 0.313 e. The number of halogens is 1. The summed E-state index contributed by atoms with van der Waals surface area (Å²) in [7, 11) is 0. The summed E-state index contributed by atoms with van der Waals surface area (Å²) in [5.74, 6) is 0. The maximum atomic E-state index is 3.36. The van der Waals surface area contributed by atoms with Crippen molar-refractivity contribution in [2.24, 2.45) is 0 Å². The molecule has 1 nitrogen and oxygen atoms in total. The van der Waals surface area contributed by atoms with Crippen LogP contribution >= 0.6 is 22.6 Å². The standard InChI is InChI=1S/C5H10IN/c1-4-5(6)2-3-7-4/h4-5,7H,2-3H2,1H3/t4-,5+/m1/s1. The molecule has 0 spiro atoms. The number of hydrogen-bond acceptors (Lipinski definition) is 1. The Morgan fingerprint density at radius 2 is 2.43 bits per heavy atom. The quantitative estimate of drug-likeness (QED) is 0.468. The third-order valence-electron chi connectivity index (χ3n) is 1.43. The van der Waals surface area contributed by atoms with Crippen molar-refractivity contribution in [3.05, 3.63) is 0 Å². The van der Waals surface area contributed by atoms with Crippen LogP contribution in [0, 0.1) is 0 Å². The van der Waals surface area contributed by atoms with Crippen LogP contribution < -0.4 is 5.32 Å². The molecule has 0 bridgehead atoms. The van der Waals surface area contributed by atoms with E-state index >= 15 is 0 Å². The summed E-state index contributed by atoms with van der Waals surface area (Å²) in [6, 6.07) is 0.751. The van der Waals surface area contributed by atoms with E-state index in [1.165, 1.54) is 13.0 Å². The number of alkyl halides is 1. The van der Waals surface area contributed by atoms with E-state index in [0.717, 1.165) is 9.97 Å². The van der Waals surface area contributed by atoms with E-state index in [9.17, 15) is 0 Å². The first-order valence-corrected chi connectivity index (χ1v) is 3.93. The van der Waals surface area contributed by atoms with Gasteiger partial charge in [0.2, 0.25) is 0 Å². The maximum absolute atomic E-state index is 3.36. The molecule has 0 aliphatic carbocycles. The summed E-state index contributed by atoms with van der Waals surface area (Å²) in [5.41, 5.74) is 0. The second-order valence-electron chi connectivity index (χ2n) is 2.05. The number of nitrogens with one attached hydrogen (secondary N) is 1. The van der Waals surface area contributed by atoms with Gasteiger partial charge in [-0.15, -0.1) is 0 Å². The average molecular weight is 211 g/mol. The molecule has 7 heavy (non-hydrogen) atoms. The second-order valence-corrected chi connectivity index (χ2v) is 3.65. The molecule has 1 heterocycles. The van der Waals surface area contributed by atoms with Gasteiger partial charge in [-0.05, 0) is 19.9 Å². The highest BCUT2D eigenvalue weighted by Gasteiger charge is 2.18. The van der Waals surface area contributed by atoms with Crippen molar-refractivity contribution in [1.29, 1.82) is 0 Å². The number of rotatable bonds is 0. The minimum Gasteiger partial charge on any atom is -0.313 e. The molecule has 1 saturated heterocycles. The van der Waals surface area contributed by atoms with Gasteiger partial charge in [-0.25, -0.2) is 0 Å². The van der Waals surface area contributed by atoms with Gasteiger partial charge in [0, 0.05) is 9.97 Å². The van der Waals surface area contributed by atoms with E-state index in [2.05, 4.69) is 34.8 Å². The lowest BCUT2D eigenvalue weighted by Gasteiger charge is -2.03. The lowest BCUT2D eigenvalue weighted by atomic mass is 10.3. The van der Waals surface area contributed by atoms with Gasteiger partial charge in [-0.3, -0.25) is 0 Å². The zero-order valence-electron chi connectivity index (χ0n) is 4.45. The normalized spacial score (nSPS) is 42.0. The molecule has 1 fully saturated rings. The Labute approximate surface area is 58.0 Å². The van der Waals surface area contributed by atoms with Gasteiger partial charge in [0.05, 0.1) is 0 Å². The van der Waals surface area contributed by atoms with Gasteiger partial charge in [0.15, 0.2) is 0 Å². The summed E-state index contributed by atoms with van der Waals surface area (Å²) in [5, 5.41) is 3.36. The molecule has 0 aromatic heterocycles. The SMILES string of the molecule is C[C@H]1NCC[C@@H]1I. The van der Waals surface area contributed by atoms with Crippen LogP contribution in [0.2, 0.25) is 0 Å². The lowest BCUT2D eigenvalue weighted by Crippen LogP contribution is -2.22. The summed E-state index contributed by atoms with van der Waals surface area (Å²) in [6.07, 6.45) is 1.35. The van der Waals surface area contributed by atoms with Gasteiger partial charge < -0.3 is 5.32 Å². The van der Waals surface area contributed by atoms with Crippen molar-refractivity contribution < 1.29 is 0 Å². The predicted molar refractivity (Wildman–Crippen MR) is 39.9 cm³/mol. The molecule has 1 aliphatic rings. The Hall–Kier alpha value is 0.690. The van der Waals surface area contributed by atoms with Crippen LogP contribution in [-0.4, -0.2) is 16.5 Å². The monoisotopic (exact) mass is 211 g/mol. The van der Waals surface area contributed by atoms with Crippen LogP contribution in [0.5, 0.6) is 0 Å². The first-order valence-electron chi connectivity index (χ1n) is 2.68. The second kappa shape index (κ2) is 2.31. The minimum atomic E-state index is 0.751. The van der Waals surface area contributed by atoms with Gasteiger partial charge in [-0.2, -0.15) is 0 Å². The zero-order valence-corrected chi connectivity index (χ0v) is 6.60. The third kappa shape index (κ3) is 1.29. The molecular formula is C5H10IN. The van der Waals surface area contributed by atoms with E-state index < -0.39 is 0 Å². The Kier molecular flexibility index (Phi) is 1.92. The van der Waals surface area contributed by atoms with Gasteiger partial charge in [-0.1, -0.05) is 22.6 Å². The fourth-order valence-corrected chi connectivity index (χ4v) is 1.39. The molecule has 0 amide bonds. The van der Waals surface area contributed by atoms with Gasteiger partial charge in [0.1, 0.15) is 0 Å². The van der Waals surface area contributed by atoms with Crippen LogP contribution in [0.4, 0.5) is 0 Å². The summed E-state index contributed by atoms with van der Waals surface area (Å²) in [6.45, 7) is 3.46. The van der Waals surface area contributed by atoms with Crippen LogP contribution in [-0.2, 0) is 0 Å². The van der Waals surface area contributed by atoms with E-state index in [4.69, 9.17) is 0 Å². The first-order chi connectivity index (χ1) is 3.30. The highest BCUT2D eigenvalue weighted by atomic mass is 127. The minimum absolute atomic E-state index is 0.751. The van der Waals surface area contributed by atoms with Crippen LogP contribution in [0.3, 0.4) is 0 Å². The van der Waals surface area contributed by atoms with Crippen molar-refractivity contribution in [3.63, 3.8) is 0 Å². The third-order valence-corrected chi connectivity index (χ3v) is 3.13. The van der Waals surface area contributed by atoms with Crippen molar-refractivity contribution in [3.8, 4) is 0 Å². The molecule has 2 atom stereocenters.